The summed E-state index contributed by atoms with van der Waals surface area (Å²) in [7, 11) is -3.81. The molecule has 0 heterocycles. The SMILES string of the molecule is NCc1ccc(Br)c(S(=O)(=O)Nc2cccc(Cl)c2Cl)c1. The lowest BCUT2D eigenvalue weighted by Crippen LogP contribution is -2.14. The number of hydrogen-bond donors (Lipinski definition) is 2. The van der Waals surface area contributed by atoms with E-state index < -0.39 is 10.0 Å². The number of sulfonamides is 1. The Kier molecular flexibility index (Phi) is 5.16. The van der Waals surface area contributed by atoms with Crippen LogP contribution in [0.4, 0.5) is 5.69 Å². The molecular weight excluding hydrogens is 399 g/mol. The summed E-state index contributed by atoms with van der Waals surface area (Å²) in [6.07, 6.45) is 0. The van der Waals surface area contributed by atoms with Gasteiger partial charge >= 0.3 is 0 Å². The quantitative estimate of drug-likeness (QED) is 0.800. The van der Waals surface area contributed by atoms with Crippen molar-refractivity contribution in [2.45, 2.75) is 11.4 Å². The van der Waals surface area contributed by atoms with Gasteiger partial charge in [-0.1, -0.05) is 35.3 Å². The summed E-state index contributed by atoms with van der Waals surface area (Å²) in [5, 5.41) is 0.417. The predicted octanol–water partition coefficient (Wildman–Crippen LogP) is 4.02. The van der Waals surface area contributed by atoms with Crippen LogP contribution >= 0.6 is 39.1 Å². The van der Waals surface area contributed by atoms with Crippen LogP contribution in [0.15, 0.2) is 45.8 Å². The van der Waals surface area contributed by atoms with Crippen molar-refractivity contribution >= 4 is 54.8 Å². The van der Waals surface area contributed by atoms with Crippen LogP contribution in [0.3, 0.4) is 0 Å². The number of benzene rings is 2. The van der Waals surface area contributed by atoms with Gasteiger partial charge < -0.3 is 5.73 Å². The second kappa shape index (κ2) is 6.54. The highest BCUT2D eigenvalue weighted by Crippen LogP contribution is 2.32. The molecule has 0 saturated carbocycles. The van der Waals surface area contributed by atoms with Crippen molar-refractivity contribution in [1.82, 2.24) is 0 Å². The summed E-state index contributed by atoms with van der Waals surface area (Å²) < 4.78 is 27.8. The van der Waals surface area contributed by atoms with Gasteiger partial charge in [-0.05, 0) is 45.8 Å². The molecule has 3 N–H and O–H groups in total. The van der Waals surface area contributed by atoms with Crippen molar-refractivity contribution in [2.75, 3.05) is 4.72 Å². The van der Waals surface area contributed by atoms with E-state index in [-0.39, 0.29) is 27.2 Å². The van der Waals surface area contributed by atoms with E-state index in [1.54, 1.807) is 24.3 Å². The molecule has 0 radical (unpaired) electrons. The third-order valence-corrected chi connectivity index (χ3v) is 5.90. The van der Waals surface area contributed by atoms with Crippen molar-refractivity contribution in [1.29, 1.82) is 0 Å². The number of rotatable bonds is 4. The van der Waals surface area contributed by atoms with E-state index >= 15 is 0 Å². The van der Waals surface area contributed by atoms with Crippen LogP contribution in [0.5, 0.6) is 0 Å². The zero-order valence-electron chi connectivity index (χ0n) is 10.6. The maximum Gasteiger partial charge on any atom is 0.263 e. The van der Waals surface area contributed by atoms with Crippen LogP contribution in [-0.2, 0) is 16.6 Å². The van der Waals surface area contributed by atoms with Gasteiger partial charge in [-0.25, -0.2) is 8.42 Å². The van der Waals surface area contributed by atoms with Gasteiger partial charge in [-0.3, -0.25) is 4.72 Å². The highest BCUT2D eigenvalue weighted by molar-refractivity contribution is 9.10. The Balaban J connectivity index is 2.46. The molecule has 0 aliphatic heterocycles. The minimum Gasteiger partial charge on any atom is -0.326 e. The van der Waals surface area contributed by atoms with Crippen LogP contribution < -0.4 is 10.5 Å². The molecule has 0 atom stereocenters. The second-order valence-electron chi connectivity index (χ2n) is 4.18. The number of hydrogen-bond acceptors (Lipinski definition) is 3. The molecule has 0 spiro atoms. The zero-order valence-corrected chi connectivity index (χ0v) is 14.5. The van der Waals surface area contributed by atoms with E-state index in [1.165, 1.54) is 12.1 Å². The van der Waals surface area contributed by atoms with Crippen LogP contribution in [0.2, 0.25) is 10.0 Å². The first-order valence-electron chi connectivity index (χ1n) is 5.80. The maximum atomic E-state index is 12.5. The highest BCUT2D eigenvalue weighted by atomic mass is 79.9. The fourth-order valence-electron chi connectivity index (χ4n) is 1.66. The molecule has 0 bridgehead atoms. The Morgan fingerprint density at radius 1 is 1.19 bits per heavy atom. The van der Waals surface area contributed by atoms with Crippen LogP contribution in [0, 0.1) is 0 Å². The third-order valence-electron chi connectivity index (χ3n) is 2.72. The molecule has 112 valence electrons. The predicted molar refractivity (Wildman–Crippen MR) is 89.3 cm³/mol. The van der Waals surface area contributed by atoms with Crippen molar-refractivity contribution < 1.29 is 8.42 Å². The summed E-state index contributed by atoms with van der Waals surface area (Å²) in [6, 6.07) is 9.60. The minimum absolute atomic E-state index is 0.0847. The zero-order chi connectivity index (χ0) is 15.6. The Morgan fingerprint density at radius 3 is 2.57 bits per heavy atom. The summed E-state index contributed by atoms with van der Waals surface area (Å²) in [5.74, 6) is 0. The highest BCUT2D eigenvalue weighted by Gasteiger charge is 2.20. The Morgan fingerprint density at radius 2 is 1.90 bits per heavy atom. The van der Waals surface area contributed by atoms with Gasteiger partial charge in [-0.15, -0.1) is 0 Å². The van der Waals surface area contributed by atoms with Crippen LogP contribution in [-0.4, -0.2) is 8.42 Å². The molecular formula is C13H11BrCl2N2O2S. The summed E-state index contributed by atoms with van der Waals surface area (Å²) in [6.45, 7) is 0.244. The first-order valence-corrected chi connectivity index (χ1v) is 8.83. The number of anilines is 1. The summed E-state index contributed by atoms with van der Waals surface area (Å²) in [5.41, 5.74) is 6.46. The van der Waals surface area contributed by atoms with Crippen molar-refractivity contribution in [3.05, 3.63) is 56.5 Å². The van der Waals surface area contributed by atoms with E-state index in [2.05, 4.69) is 20.7 Å². The number of halogens is 3. The first kappa shape index (κ1) is 16.6. The second-order valence-corrected chi connectivity index (χ2v) is 7.47. The number of nitrogens with two attached hydrogens (primary N) is 1. The lowest BCUT2D eigenvalue weighted by molar-refractivity contribution is 0.600. The standard InChI is InChI=1S/C13H11BrCl2N2O2S/c14-9-5-4-8(7-17)6-12(9)21(19,20)18-11-3-1-2-10(15)13(11)16/h1-6,18H,7,17H2. The molecule has 0 unspecified atom stereocenters. The average molecular weight is 410 g/mol. The lowest BCUT2D eigenvalue weighted by Gasteiger charge is -2.12. The van der Waals surface area contributed by atoms with E-state index in [9.17, 15) is 8.42 Å². The van der Waals surface area contributed by atoms with Gasteiger partial charge in [0.15, 0.2) is 0 Å². The molecule has 8 heteroatoms. The van der Waals surface area contributed by atoms with Crippen molar-refractivity contribution in [3.63, 3.8) is 0 Å². The largest absolute Gasteiger partial charge is 0.326 e. The van der Waals surface area contributed by atoms with Gasteiger partial charge in [0, 0.05) is 11.0 Å². The lowest BCUT2D eigenvalue weighted by atomic mass is 10.2. The molecule has 4 nitrogen and oxygen atoms in total. The molecule has 0 aliphatic rings. The van der Waals surface area contributed by atoms with Gasteiger partial charge in [-0.2, -0.15) is 0 Å². The molecule has 0 saturated heterocycles. The summed E-state index contributed by atoms with van der Waals surface area (Å²) in [4.78, 5) is 0.0847. The molecule has 0 fully saturated rings. The normalized spacial score (nSPS) is 11.4. The molecule has 0 aromatic heterocycles. The fraction of sp³-hybridized carbons (Fsp3) is 0.0769. The molecule has 21 heavy (non-hydrogen) atoms. The Hall–Kier alpha value is -0.790. The van der Waals surface area contributed by atoms with E-state index in [0.717, 1.165) is 0 Å². The monoisotopic (exact) mass is 408 g/mol. The van der Waals surface area contributed by atoms with E-state index in [0.29, 0.717) is 10.0 Å². The number of nitrogens with one attached hydrogen (secondary N) is 1. The smallest absolute Gasteiger partial charge is 0.263 e. The molecule has 0 amide bonds. The minimum atomic E-state index is -3.81. The maximum absolute atomic E-state index is 12.5. The van der Waals surface area contributed by atoms with Crippen molar-refractivity contribution in [2.24, 2.45) is 5.73 Å². The fourth-order valence-corrected chi connectivity index (χ4v) is 4.15. The third kappa shape index (κ3) is 3.70. The van der Waals surface area contributed by atoms with Crippen LogP contribution in [0.1, 0.15) is 5.56 Å². The van der Waals surface area contributed by atoms with Crippen molar-refractivity contribution in [3.8, 4) is 0 Å². The van der Waals surface area contributed by atoms with Gasteiger partial charge in [0.25, 0.3) is 10.0 Å². The molecule has 0 aliphatic carbocycles. The van der Waals surface area contributed by atoms with Gasteiger partial charge in [0.2, 0.25) is 0 Å². The first-order chi connectivity index (χ1) is 9.85. The Bertz CT molecular complexity index is 782. The van der Waals surface area contributed by atoms with Gasteiger partial charge in [0.05, 0.1) is 15.7 Å². The topological polar surface area (TPSA) is 72.2 Å². The van der Waals surface area contributed by atoms with Gasteiger partial charge in [0.1, 0.15) is 4.90 Å². The summed E-state index contributed by atoms with van der Waals surface area (Å²) >= 11 is 15.1. The van der Waals surface area contributed by atoms with Crippen LogP contribution in [0.25, 0.3) is 0 Å². The average Bonchev–Trinajstić information content (AvgIpc) is 2.44. The molecule has 2 aromatic carbocycles. The van der Waals surface area contributed by atoms with E-state index in [1.807, 2.05) is 0 Å². The van der Waals surface area contributed by atoms with E-state index in [4.69, 9.17) is 28.9 Å². The molecule has 2 aromatic rings. The molecule has 2 rings (SSSR count). The Labute approximate surface area is 141 Å².